The van der Waals surface area contributed by atoms with Gasteiger partial charge >= 0.3 is 5.97 Å². The Kier molecular flexibility index (Phi) is 13.8. The summed E-state index contributed by atoms with van der Waals surface area (Å²) in [5, 5.41) is 0. The van der Waals surface area contributed by atoms with Crippen molar-refractivity contribution < 1.29 is 14.6 Å². The van der Waals surface area contributed by atoms with Crippen LogP contribution in [0.2, 0.25) is 0 Å². The third-order valence-corrected chi connectivity index (χ3v) is 2.93. The van der Waals surface area contributed by atoms with Gasteiger partial charge in [0.1, 0.15) is 10.1 Å². The standard InChI is InChI=1S/C14H28O3.C2HCl3/c1-13(2,3)11-9-7-8-10-12(15)16-17-14(4,5)6;3-1-2(4)5/h7-11H2,1-6H3;1H. The molecule has 3 nitrogen and oxygen atoms in total. The smallest absolute Gasteiger partial charge is 0.298 e. The number of carbonyl (C=O) groups is 1. The molecule has 0 unspecified atom stereocenters. The van der Waals surface area contributed by atoms with Gasteiger partial charge in [0.05, 0.1) is 0 Å². The van der Waals surface area contributed by atoms with E-state index in [0.717, 1.165) is 24.8 Å². The maximum absolute atomic E-state index is 11.3. The van der Waals surface area contributed by atoms with Crippen molar-refractivity contribution in [2.45, 2.75) is 79.2 Å². The van der Waals surface area contributed by atoms with Crippen LogP contribution in [-0.4, -0.2) is 11.6 Å². The van der Waals surface area contributed by atoms with Crippen molar-refractivity contribution in [1.29, 1.82) is 0 Å². The Morgan fingerprint density at radius 3 is 1.86 bits per heavy atom. The van der Waals surface area contributed by atoms with Gasteiger partial charge < -0.3 is 0 Å². The molecular weight excluding hydrogens is 347 g/mol. The van der Waals surface area contributed by atoms with Crippen molar-refractivity contribution in [1.82, 2.24) is 0 Å². The molecule has 0 aliphatic rings. The summed E-state index contributed by atoms with van der Waals surface area (Å²) in [6.07, 6.45) is 4.75. The minimum atomic E-state index is -0.429. The molecule has 0 aliphatic heterocycles. The molecule has 22 heavy (non-hydrogen) atoms. The van der Waals surface area contributed by atoms with Gasteiger partial charge in [0, 0.05) is 12.0 Å². The summed E-state index contributed by atoms with van der Waals surface area (Å²) >= 11 is 14.8. The largest absolute Gasteiger partial charge is 0.342 e. The number of rotatable bonds is 6. The van der Waals surface area contributed by atoms with E-state index in [1.807, 2.05) is 20.8 Å². The van der Waals surface area contributed by atoms with E-state index in [4.69, 9.17) is 44.6 Å². The molecule has 0 radical (unpaired) electrons. The van der Waals surface area contributed by atoms with Gasteiger partial charge in [-0.25, -0.2) is 4.79 Å². The van der Waals surface area contributed by atoms with Gasteiger partial charge in [-0.15, -0.1) is 0 Å². The van der Waals surface area contributed by atoms with E-state index in [0.29, 0.717) is 11.8 Å². The molecule has 0 aromatic rings. The van der Waals surface area contributed by atoms with Gasteiger partial charge in [-0.2, -0.15) is 4.89 Å². The summed E-state index contributed by atoms with van der Waals surface area (Å²) in [6.45, 7) is 12.3. The number of carbonyl (C=O) groups excluding carboxylic acids is 1. The molecular formula is C16H29Cl3O3. The van der Waals surface area contributed by atoms with Crippen molar-refractivity contribution in [3.05, 3.63) is 10.0 Å². The first kappa shape index (κ1) is 24.3. The number of hydrogen-bond acceptors (Lipinski definition) is 3. The quantitative estimate of drug-likeness (QED) is 0.292. The zero-order valence-electron chi connectivity index (χ0n) is 14.5. The number of halogens is 3. The fourth-order valence-corrected chi connectivity index (χ4v) is 1.31. The zero-order chi connectivity index (χ0) is 17.8. The highest BCUT2D eigenvalue weighted by Gasteiger charge is 2.15. The van der Waals surface area contributed by atoms with E-state index in [1.165, 1.54) is 6.42 Å². The van der Waals surface area contributed by atoms with E-state index in [2.05, 4.69) is 20.8 Å². The number of hydrogen-bond donors (Lipinski definition) is 0. The van der Waals surface area contributed by atoms with Crippen LogP contribution in [0.25, 0.3) is 0 Å². The Bertz CT molecular complexity index is 325. The molecule has 0 saturated heterocycles. The van der Waals surface area contributed by atoms with Crippen molar-refractivity contribution in [2.24, 2.45) is 5.41 Å². The molecule has 0 saturated carbocycles. The van der Waals surface area contributed by atoms with Crippen LogP contribution in [-0.2, 0) is 14.6 Å². The minimum Gasteiger partial charge on any atom is -0.298 e. The van der Waals surface area contributed by atoms with E-state index in [-0.39, 0.29) is 10.5 Å². The third-order valence-electron chi connectivity index (χ3n) is 2.27. The molecule has 132 valence electrons. The summed E-state index contributed by atoms with van der Waals surface area (Å²) in [6, 6.07) is 0. The summed E-state index contributed by atoms with van der Waals surface area (Å²) in [4.78, 5) is 21.0. The van der Waals surface area contributed by atoms with Crippen LogP contribution < -0.4 is 0 Å². The molecule has 0 amide bonds. The maximum Gasteiger partial charge on any atom is 0.342 e. The van der Waals surface area contributed by atoms with Crippen molar-refractivity contribution >= 4 is 40.8 Å². The third kappa shape index (κ3) is 25.0. The van der Waals surface area contributed by atoms with E-state index in [9.17, 15) is 4.79 Å². The van der Waals surface area contributed by atoms with Crippen molar-refractivity contribution in [2.75, 3.05) is 0 Å². The second-order valence-corrected chi connectivity index (χ2v) is 8.40. The summed E-state index contributed by atoms with van der Waals surface area (Å²) in [5.74, 6) is -0.268. The zero-order valence-corrected chi connectivity index (χ0v) is 16.7. The van der Waals surface area contributed by atoms with Gasteiger partial charge in [-0.05, 0) is 39.0 Å². The van der Waals surface area contributed by atoms with Gasteiger partial charge in [-0.1, -0.05) is 68.4 Å². The topological polar surface area (TPSA) is 35.5 Å². The first-order valence-corrected chi connectivity index (χ1v) is 8.56. The molecule has 0 spiro atoms. The molecule has 0 fully saturated rings. The van der Waals surface area contributed by atoms with Crippen LogP contribution in [0.5, 0.6) is 0 Å². The fourth-order valence-electron chi connectivity index (χ4n) is 1.31. The highest BCUT2D eigenvalue weighted by atomic mass is 35.5. The normalized spacial score (nSPS) is 11.3. The van der Waals surface area contributed by atoms with E-state index in [1.54, 1.807) is 0 Å². The Balaban J connectivity index is 0. The predicted octanol–water partition coefficient (Wildman–Crippen LogP) is 6.76. The Hall–Kier alpha value is 0.0400. The molecule has 0 aromatic heterocycles. The molecule has 6 heteroatoms. The number of unbranched alkanes of at least 4 members (excludes halogenated alkanes) is 2. The van der Waals surface area contributed by atoms with Crippen molar-refractivity contribution in [3.8, 4) is 0 Å². The fraction of sp³-hybridized carbons (Fsp3) is 0.812. The highest BCUT2D eigenvalue weighted by molar-refractivity contribution is 6.58. The average molecular weight is 376 g/mol. The molecule has 0 rings (SSSR count). The van der Waals surface area contributed by atoms with E-state index >= 15 is 0 Å². The van der Waals surface area contributed by atoms with E-state index < -0.39 is 5.60 Å². The van der Waals surface area contributed by atoms with Crippen LogP contribution in [0, 0.1) is 5.41 Å². The Morgan fingerprint density at radius 1 is 1.00 bits per heavy atom. The molecule has 0 bridgehead atoms. The average Bonchev–Trinajstić information content (AvgIpc) is 2.34. The lowest BCUT2D eigenvalue weighted by Crippen LogP contribution is -2.21. The first-order chi connectivity index (χ1) is 9.87. The monoisotopic (exact) mass is 374 g/mol. The Morgan fingerprint density at radius 2 is 1.50 bits per heavy atom. The lowest BCUT2D eigenvalue weighted by atomic mass is 9.89. The summed E-state index contributed by atoms with van der Waals surface area (Å²) < 4.78 is 0.0895. The van der Waals surface area contributed by atoms with Gasteiger partial charge in [0.15, 0.2) is 0 Å². The lowest BCUT2D eigenvalue weighted by molar-refractivity contribution is -0.320. The van der Waals surface area contributed by atoms with Crippen LogP contribution in [0.3, 0.4) is 0 Å². The summed E-state index contributed by atoms with van der Waals surface area (Å²) in [5.41, 5.74) is 1.04. The molecule has 0 atom stereocenters. The van der Waals surface area contributed by atoms with Crippen LogP contribution >= 0.6 is 34.8 Å². The molecule has 0 heterocycles. The van der Waals surface area contributed by atoms with Gasteiger partial charge in [-0.3, -0.25) is 4.89 Å². The first-order valence-electron chi connectivity index (χ1n) is 7.37. The van der Waals surface area contributed by atoms with Crippen LogP contribution in [0.15, 0.2) is 10.0 Å². The SMILES string of the molecule is CC(C)(C)CCCCCC(=O)OOC(C)(C)C.ClC=C(Cl)Cl. The minimum absolute atomic E-state index is 0.0895. The second kappa shape index (κ2) is 12.5. The maximum atomic E-state index is 11.3. The Labute approximate surface area is 150 Å². The second-order valence-electron chi connectivity index (χ2n) is 7.17. The van der Waals surface area contributed by atoms with Crippen LogP contribution in [0.1, 0.15) is 73.6 Å². The predicted molar refractivity (Wildman–Crippen MR) is 95.1 cm³/mol. The summed E-state index contributed by atoms with van der Waals surface area (Å²) in [7, 11) is 0. The van der Waals surface area contributed by atoms with Gasteiger partial charge in [0.25, 0.3) is 0 Å². The highest BCUT2D eigenvalue weighted by Crippen LogP contribution is 2.22. The molecule has 0 aromatic carbocycles. The molecule has 0 aliphatic carbocycles. The van der Waals surface area contributed by atoms with Crippen molar-refractivity contribution in [3.63, 3.8) is 0 Å². The lowest BCUT2D eigenvalue weighted by Gasteiger charge is -2.18. The van der Waals surface area contributed by atoms with Crippen LogP contribution in [0.4, 0.5) is 0 Å². The van der Waals surface area contributed by atoms with Gasteiger partial charge in [0.2, 0.25) is 0 Å². The molecule has 0 N–H and O–H groups in total.